The first kappa shape index (κ1) is 26.1. The SMILES string of the molecule is CSCCC(NC(=O)C(NC(=O)CNC(=O)C(N)CC(C)C)C(C)O)C(=O)O. The normalized spacial score (nSPS) is 15.2. The minimum absolute atomic E-state index is 0.201. The van der Waals surface area contributed by atoms with Gasteiger partial charge in [0.2, 0.25) is 17.7 Å². The Morgan fingerprint density at radius 2 is 1.68 bits per heavy atom. The lowest BCUT2D eigenvalue weighted by Gasteiger charge is -2.23. The maximum Gasteiger partial charge on any atom is 0.326 e. The lowest BCUT2D eigenvalue weighted by molar-refractivity contribution is -0.143. The van der Waals surface area contributed by atoms with Gasteiger partial charge in [0.15, 0.2) is 0 Å². The lowest BCUT2D eigenvalue weighted by Crippen LogP contribution is -2.57. The van der Waals surface area contributed by atoms with Crippen molar-refractivity contribution in [3.63, 3.8) is 0 Å². The number of nitrogens with one attached hydrogen (secondary N) is 3. The summed E-state index contributed by atoms with van der Waals surface area (Å²) in [5.74, 6) is -2.49. The maximum atomic E-state index is 12.3. The van der Waals surface area contributed by atoms with Crippen LogP contribution in [0.3, 0.4) is 0 Å². The van der Waals surface area contributed by atoms with Crippen LogP contribution in [-0.4, -0.2) is 76.7 Å². The second kappa shape index (κ2) is 13.3. The molecule has 0 aliphatic rings. The van der Waals surface area contributed by atoms with Crippen molar-refractivity contribution in [2.45, 2.75) is 57.8 Å². The highest BCUT2D eigenvalue weighted by atomic mass is 32.2. The van der Waals surface area contributed by atoms with E-state index in [0.29, 0.717) is 12.2 Å². The summed E-state index contributed by atoms with van der Waals surface area (Å²) in [6, 6.07) is -3.24. The first-order chi connectivity index (χ1) is 13.0. The highest BCUT2D eigenvalue weighted by Crippen LogP contribution is 2.04. The Hall–Kier alpha value is -1.85. The number of carbonyl (C=O) groups is 4. The Kier molecular flexibility index (Phi) is 12.5. The molecule has 7 N–H and O–H groups in total. The van der Waals surface area contributed by atoms with Gasteiger partial charge in [-0.2, -0.15) is 11.8 Å². The number of hydrogen-bond donors (Lipinski definition) is 6. The quantitative estimate of drug-likeness (QED) is 0.213. The Morgan fingerprint density at radius 3 is 2.14 bits per heavy atom. The zero-order chi connectivity index (χ0) is 21.9. The Morgan fingerprint density at radius 1 is 1.07 bits per heavy atom. The van der Waals surface area contributed by atoms with Crippen molar-refractivity contribution in [3.05, 3.63) is 0 Å². The third kappa shape index (κ3) is 10.5. The van der Waals surface area contributed by atoms with Crippen molar-refractivity contribution in [1.82, 2.24) is 16.0 Å². The Balaban J connectivity index is 4.74. The van der Waals surface area contributed by atoms with E-state index in [0.717, 1.165) is 0 Å². The van der Waals surface area contributed by atoms with E-state index in [-0.39, 0.29) is 12.3 Å². The molecule has 11 heteroatoms. The van der Waals surface area contributed by atoms with Gasteiger partial charge in [0, 0.05) is 0 Å². The molecule has 0 aromatic heterocycles. The fraction of sp³-hybridized carbons (Fsp3) is 0.765. The van der Waals surface area contributed by atoms with Crippen LogP contribution < -0.4 is 21.7 Å². The van der Waals surface area contributed by atoms with Crippen LogP contribution in [-0.2, 0) is 19.2 Å². The molecule has 0 bridgehead atoms. The second-order valence-corrected chi connectivity index (χ2v) is 7.91. The van der Waals surface area contributed by atoms with E-state index in [9.17, 15) is 29.4 Å². The highest BCUT2D eigenvalue weighted by Gasteiger charge is 2.29. The minimum atomic E-state index is -1.36. The van der Waals surface area contributed by atoms with Crippen LogP contribution in [0.15, 0.2) is 0 Å². The fourth-order valence-electron chi connectivity index (χ4n) is 2.30. The lowest BCUT2D eigenvalue weighted by atomic mass is 10.0. The van der Waals surface area contributed by atoms with E-state index in [1.54, 1.807) is 6.26 Å². The number of thioether (sulfide) groups is 1. The van der Waals surface area contributed by atoms with Gasteiger partial charge in [-0.25, -0.2) is 4.79 Å². The number of aliphatic hydroxyl groups excluding tert-OH is 1. The molecule has 0 aromatic carbocycles. The van der Waals surface area contributed by atoms with E-state index < -0.39 is 54.5 Å². The van der Waals surface area contributed by atoms with Gasteiger partial charge in [0.25, 0.3) is 0 Å². The standard InChI is InChI=1S/C17H32N4O6S/c1-9(2)7-11(18)15(24)19-8-13(23)21-14(10(3)22)16(25)20-12(17(26)27)5-6-28-4/h9-12,14,22H,5-8,18H2,1-4H3,(H,19,24)(H,20,25)(H,21,23)(H,26,27). The maximum absolute atomic E-state index is 12.3. The number of amides is 3. The molecule has 0 spiro atoms. The second-order valence-electron chi connectivity index (χ2n) is 6.92. The predicted molar refractivity (Wildman–Crippen MR) is 107 cm³/mol. The van der Waals surface area contributed by atoms with Gasteiger partial charge in [-0.05, 0) is 37.7 Å². The third-order valence-corrected chi connectivity index (χ3v) is 4.44. The summed E-state index contributed by atoms with van der Waals surface area (Å²) in [4.78, 5) is 47.4. The van der Waals surface area contributed by atoms with Gasteiger partial charge >= 0.3 is 5.97 Å². The zero-order valence-corrected chi connectivity index (χ0v) is 17.5. The topological polar surface area (TPSA) is 171 Å². The molecule has 0 saturated heterocycles. The zero-order valence-electron chi connectivity index (χ0n) is 16.7. The van der Waals surface area contributed by atoms with Crippen molar-refractivity contribution < 1.29 is 29.4 Å². The molecule has 0 aliphatic heterocycles. The molecule has 4 atom stereocenters. The summed E-state index contributed by atoms with van der Waals surface area (Å²) in [6.45, 7) is 4.69. The molecule has 28 heavy (non-hydrogen) atoms. The van der Waals surface area contributed by atoms with Crippen LogP contribution in [0.5, 0.6) is 0 Å². The molecule has 4 unspecified atom stereocenters. The molecular weight excluding hydrogens is 388 g/mol. The van der Waals surface area contributed by atoms with E-state index in [4.69, 9.17) is 5.73 Å². The van der Waals surface area contributed by atoms with E-state index >= 15 is 0 Å². The van der Waals surface area contributed by atoms with Crippen molar-refractivity contribution in [1.29, 1.82) is 0 Å². The predicted octanol–water partition coefficient (Wildman–Crippen LogP) is -1.34. The molecular formula is C17H32N4O6S. The molecule has 0 heterocycles. The Labute approximate surface area is 169 Å². The van der Waals surface area contributed by atoms with Gasteiger partial charge in [0.1, 0.15) is 12.1 Å². The summed E-state index contributed by atoms with van der Waals surface area (Å²) in [5.41, 5.74) is 5.72. The van der Waals surface area contributed by atoms with Crippen LogP contribution >= 0.6 is 11.8 Å². The molecule has 10 nitrogen and oxygen atoms in total. The van der Waals surface area contributed by atoms with Crippen molar-refractivity contribution in [3.8, 4) is 0 Å². The van der Waals surface area contributed by atoms with E-state index in [1.165, 1.54) is 18.7 Å². The van der Waals surface area contributed by atoms with E-state index in [2.05, 4.69) is 16.0 Å². The van der Waals surface area contributed by atoms with Gasteiger partial charge in [0.05, 0.1) is 18.7 Å². The Bertz CT molecular complexity index is 544. The number of hydrogen-bond acceptors (Lipinski definition) is 7. The molecule has 162 valence electrons. The molecule has 0 saturated carbocycles. The first-order valence-electron chi connectivity index (χ1n) is 9.02. The monoisotopic (exact) mass is 420 g/mol. The van der Waals surface area contributed by atoms with Gasteiger partial charge < -0.3 is 31.9 Å². The van der Waals surface area contributed by atoms with Crippen molar-refractivity contribution in [2.24, 2.45) is 11.7 Å². The van der Waals surface area contributed by atoms with Gasteiger partial charge in [-0.3, -0.25) is 14.4 Å². The number of aliphatic hydroxyl groups is 1. The summed E-state index contributed by atoms with van der Waals surface area (Å²) < 4.78 is 0. The summed E-state index contributed by atoms with van der Waals surface area (Å²) in [6.07, 6.45) is 1.20. The van der Waals surface area contributed by atoms with Crippen LogP contribution in [0.25, 0.3) is 0 Å². The molecule has 3 amide bonds. The van der Waals surface area contributed by atoms with Gasteiger partial charge in [-0.1, -0.05) is 13.8 Å². The van der Waals surface area contributed by atoms with Crippen molar-refractivity contribution in [2.75, 3.05) is 18.6 Å². The van der Waals surface area contributed by atoms with E-state index in [1.807, 2.05) is 13.8 Å². The number of rotatable bonds is 13. The molecule has 0 fully saturated rings. The number of carboxylic acid groups (broad SMARTS) is 1. The smallest absolute Gasteiger partial charge is 0.326 e. The average Bonchev–Trinajstić information content (AvgIpc) is 2.59. The molecule has 0 rings (SSSR count). The van der Waals surface area contributed by atoms with Crippen LogP contribution in [0.2, 0.25) is 0 Å². The molecule has 0 aliphatic carbocycles. The minimum Gasteiger partial charge on any atom is -0.480 e. The highest BCUT2D eigenvalue weighted by molar-refractivity contribution is 7.98. The number of carbonyl (C=O) groups excluding carboxylic acids is 3. The molecule has 0 radical (unpaired) electrons. The van der Waals surface area contributed by atoms with Crippen LogP contribution in [0.1, 0.15) is 33.6 Å². The van der Waals surface area contributed by atoms with Crippen LogP contribution in [0, 0.1) is 5.92 Å². The largest absolute Gasteiger partial charge is 0.480 e. The summed E-state index contributed by atoms with van der Waals surface area (Å²) in [5, 5.41) is 25.9. The van der Waals surface area contributed by atoms with Gasteiger partial charge in [-0.15, -0.1) is 0 Å². The number of nitrogens with two attached hydrogens (primary N) is 1. The summed E-state index contributed by atoms with van der Waals surface area (Å²) in [7, 11) is 0. The molecule has 0 aromatic rings. The fourth-order valence-corrected chi connectivity index (χ4v) is 2.77. The average molecular weight is 421 g/mol. The number of aliphatic carboxylic acids is 1. The first-order valence-corrected chi connectivity index (χ1v) is 10.4. The van der Waals surface area contributed by atoms with Crippen molar-refractivity contribution >= 4 is 35.5 Å². The number of carboxylic acids is 1. The summed E-state index contributed by atoms with van der Waals surface area (Å²) >= 11 is 1.43. The third-order valence-electron chi connectivity index (χ3n) is 3.79. The van der Waals surface area contributed by atoms with Crippen LogP contribution in [0.4, 0.5) is 0 Å².